The third-order valence-corrected chi connectivity index (χ3v) is 4.31. The normalized spacial score (nSPS) is 12.0. The van der Waals surface area contributed by atoms with Crippen molar-refractivity contribution >= 4 is 21.7 Å². The van der Waals surface area contributed by atoms with Crippen molar-refractivity contribution in [2.45, 2.75) is 13.0 Å². The fourth-order valence-corrected chi connectivity index (χ4v) is 2.60. The van der Waals surface area contributed by atoms with Crippen molar-refractivity contribution in [3.63, 3.8) is 0 Å². The summed E-state index contributed by atoms with van der Waals surface area (Å²) in [4.78, 5) is 13.2. The lowest BCUT2D eigenvalue weighted by Crippen LogP contribution is -2.35. The molecule has 0 saturated carbocycles. The van der Waals surface area contributed by atoms with Gasteiger partial charge in [0.25, 0.3) is 0 Å². The minimum absolute atomic E-state index is 0.0172. The molecule has 6 heteroatoms. The Kier molecular flexibility index (Phi) is 8.09. The highest BCUT2D eigenvalue weighted by molar-refractivity contribution is 9.10. The standard InChI is InChI=1S/C20H24BrNO4/c1-15(23)16-3-7-20(8-4-16)26-14-18(24)13-22(2)11-12-25-19-9-5-17(21)6-10-19/h3-10,18,24H,11-14H2,1-2H3/t18-/m0/s1. The van der Waals surface area contributed by atoms with E-state index in [9.17, 15) is 9.90 Å². The van der Waals surface area contributed by atoms with Gasteiger partial charge in [-0.25, -0.2) is 0 Å². The molecule has 140 valence electrons. The van der Waals surface area contributed by atoms with Crippen LogP contribution in [-0.2, 0) is 0 Å². The SMILES string of the molecule is CC(=O)c1ccc(OC[C@@H](O)CN(C)CCOc2ccc(Br)cc2)cc1. The van der Waals surface area contributed by atoms with Gasteiger partial charge in [0.05, 0.1) is 0 Å². The number of hydrogen-bond acceptors (Lipinski definition) is 5. The van der Waals surface area contributed by atoms with Gasteiger partial charge in [-0.1, -0.05) is 15.9 Å². The number of hydrogen-bond donors (Lipinski definition) is 1. The number of ether oxygens (including phenoxy) is 2. The summed E-state index contributed by atoms with van der Waals surface area (Å²) in [6, 6.07) is 14.6. The molecule has 0 saturated heterocycles. The van der Waals surface area contributed by atoms with E-state index >= 15 is 0 Å². The maximum atomic E-state index is 11.2. The largest absolute Gasteiger partial charge is 0.492 e. The van der Waals surface area contributed by atoms with Crippen LogP contribution in [0.4, 0.5) is 0 Å². The second kappa shape index (κ2) is 10.3. The molecule has 26 heavy (non-hydrogen) atoms. The van der Waals surface area contributed by atoms with Crippen LogP contribution < -0.4 is 9.47 Å². The third-order valence-electron chi connectivity index (χ3n) is 3.78. The second-order valence-corrected chi connectivity index (χ2v) is 7.03. The van der Waals surface area contributed by atoms with Crippen LogP contribution in [-0.4, -0.2) is 55.2 Å². The summed E-state index contributed by atoms with van der Waals surface area (Å²) in [5, 5.41) is 10.1. The van der Waals surface area contributed by atoms with Crippen molar-refractivity contribution in [1.29, 1.82) is 0 Å². The Hall–Kier alpha value is -1.89. The summed E-state index contributed by atoms with van der Waals surface area (Å²) >= 11 is 3.39. The van der Waals surface area contributed by atoms with Crippen molar-refractivity contribution in [2.75, 3.05) is 33.4 Å². The van der Waals surface area contributed by atoms with E-state index in [0.29, 0.717) is 31.0 Å². The van der Waals surface area contributed by atoms with Crippen LogP contribution in [0.3, 0.4) is 0 Å². The van der Waals surface area contributed by atoms with Crippen LogP contribution in [0.1, 0.15) is 17.3 Å². The molecule has 0 amide bonds. The van der Waals surface area contributed by atoms with Gasteiger partial charge < -0.3 is 19.5 Å². The average molecular weight is 422 g/mol. The van der Waals surface area contributed by atoms with Crippen LogP contribution in [0, 0.1) is 0 Å². The first-order valence-electron chi connectivity index (χ1n) is 8.43. The van der Waals surface area contributed by atoms with Crippen LogP contribution in [0.25, 0.3) is 0 Å². The van der Waals surface area contributed by atoms with E-state index < -0.39 is 6.10 Å². The van der Waals surface area contributed by atoms with Crippen LogP contribution in [0.5, 0.6) is 11.5 Å². The molecule has 5 nitrogen and oxygen atoms in total. The lowest BCUT2D eigenvalue weighted by Gasteiger charge is -2.21. The number of carbonyl (C=O) groups excluding carboxylic acids is 1. The molecule has 1 N–H and O–H groups in total. The molecule has 0 radical (unpaired) electrons. The second-order valence-electron chi connectivity index (χ2n) is 6.11. The number of benzene rings is 2. The topological polar surface area (TPSA) is 59.0 Å². The number of rotatable bonds is 10. The maximum Gasteiger partial charge on any atom is 0.159 e. The quantitative estimate of drug-likeness (QED) is 0.595. The lowest BCUT2D eigenvalue weighted by molar-refractivity contribution is 0.0722. The molecule has 0 unspecified atom stereocenters. The summed E-state index contributed by atoms with van der Waals surface area (Å²) in [7, 11) is 1.93. The predicted molar refractivity (Wildman–Crippen MR) is 105 cm³/mol. The van der Waals surface area contributed by atoms with Gasteiger partial charge in [0.1, 0.15) is 30.8 Å². The summed E-state index contributed by atoms with van der Waals surface area (Å²) in [6.07, 6.45) is -0.611. The monoisotopic (exact) mass is 421 g/mol. The molecular formula is C20H24BrNO4. The van der Waals surface area contributed by atoms with Gasteiger partial charge >= 0.3 is 0 Å². The number of halogens is 1. The molecule has 0 heterocycles. The molecule has 0 aliphatic carbocycles. The Labute approximate surface area is 162 Å². The number of likely N-dealkylation sites (N-methyl/N-ethyl adjacent to an activating group) is 1. The molecule has 2 aromatic rings. The van der Waals surface area contributed by atoms with Gasteiger partial charge in [0, 0.05) is 23.1 Å². The lowest BCUT2D eigenvalue weighted by atomic mass is 10.1. The fourth-order valence-electron chi connectivity index (χ4n) is 2.33. The zero-order valence-corrected chi connectivity index (χ0v) is 16.6. The minimum Gasteiger partial charge on any atom is -0.492 e. The summed E-state index contributed by atoms with van der Waals surface area (Å²) in [5.41, 5.74) is 0.642. The average Bonchev–Trinajstić information content (AvgIpc) is 2.62. The highest BCUT2D eigenvalue weighted by Gasteiger charge is 2.10. The van der Waals surface area contributed by atoms with Crippen molar-refractivity contribution in [2.24, 2.45) is 0 Å². The molecule has 0 aromatic heterocycles. The van der Waals surface area contributed by atoms with E-state index in [1.54, 1.807) is 24.3 Å². The summed E-state index contributed by atoms with van der Waals surface area (Å²) in [5.74, 6) is 1.47. The zero-order chi connectivity index (χ0) is 18.9. The first-order valence-corrected chi connectivity index (χ1v) is 9.22. The van der Waals surface area contributed by atoms with Crippen LogP contribution in [0.2, 0.25) is 0 Å². The van der Waals surface area contributed by atoms with Crippen LogP contribution >= 0.6 is 15.9 Å². The number of aliphatic hydroxyl groups is 1. The van der Waals surface area contributed by atoms with Gasteiger partial charge in [-0.2, -0.15) is 0 Å². The Bertz CT molecular complexity index is 688. The highest BCUT2D eigenvalue weighted by atomic mass is 79.9. The van der Waals surface area contributed by atoms with Gasteiger partial charge in [-0.15, -0.1) is 0 Å². The summed E-state index contributed by atoms with van der Waals surface area (Å²) in [6.45, 7) is 3.43. The Morgan fingerprint density at radius 2 is 1.65 bits per heavy atom. The van der Waals surface area contributed by atoms with Crippen molar-refractivity contribution < 1.29 is 19.4 Å². The molecule has 0 aliphatic rings. The number of Topliss-reactive ketones (excluding diaryl/α,β-unsaturated/α-hetero) is 1. The predicted octanol–water partition coefficient (Wildman–Crippen LogP) is 3.40. The smallest absolute Gasteiger partial charge is 0.159 e. The van der Waals surface area contributed by atoms with Crippen molar-refractivity contribution in [3.8, 4) is 11.5 Å². The first kappa shape index (κ1) is 20.4. The van der Waals surface area contributed by atoms with Crippen molar-refractivity contribution in [1.82, 2.24) is 4.90 Å². The zero-order valence-electron chi connectivity index (χ0n) is 15.0. The van der Waals surface area contributed by atoms with E-state index in [1.165, 1.54) is 6.92 Å². The summed E-state index contributed by atoms with van der Waals surface area (Å²) < 4.78 is 12.2. The first-order chi connectivity index (χ1) is 12.4. The van der Waals surface area contributed by atoms with E-state index in [4.69, 9.17) is 9.47 Å². The van der Waals surface area contributed by atoms with E-state index in [2.05, 4.69) is 15.9 Å². The molecule has 2 aromatic carbocycles. The van der Waals surface area contributed by atoms with Gasteiger partial charge in [0.2, 0.25) is 0 Å². The molecule has 0 aliphatic heterocycles. The molecule has 1 atom stereocenters. The van der Waals surface area contributed by atoms with Gasteiger partial charge in [-0.3, -0.25) is 4.79 Å². The van der Waals surface area contributed by atoms with Gasteiger partial charge in [0.15, 0.2) is 5.78 Å². The van der Waals surface area contributed by atoms with Crippen molar-refractivity contribution in [3.05, 3.63) is 58.6 Å². The maximum absolute atomic E-state index is 11.2. The molecule has 0 bridgehead atoms. The molecule has 0 spiro atoms. The number of ketones is 1. The minimum atomic E-state index is -0.611. The number of nitrogens with zero attached hydrogens (tertiary/aromatic N) is 1. The van der Waals surface area contributed by atoms with E-state index in [1.807, 2.05) is 36.2 Å². The van der Waals surface area contributed by atoms with Crippen LogP contribution in [0.15, 0.2) is 53.0 Å². The third kappa shape index (κ3) is 7.15. The molecule has 2 rings (SSSR count). The number of carbonyl (C=O) groups is 1. The van der Waals surface area contributed by atoms with Gasteiger partial charge in [-0.05, 0) is 62.5 Å². The fraction of sp³-hybridized carbons (Fsp3) is 0.350. The molecular weight excluding hydrogens is 398 g/mol. The highest BCUT2D eigenvalue weighted by Crippen LogP contribution is 2.16. The van der Waals surface area contributed by atoms with E-state index in [-0.39, 0.29) is 12.4 Å². The number of aliphatic hydroxyl groups excluding tert-OH is 1. The Balaban J connectivity index is 1.65. The Morgan fingerprint density at radius 3 is 2.27 bits per heavy atom. The molecule has 0 fully saturated rings. The Morgan fingerprint density at radius 1 is 1.08 bits per heavy atom. The van der Waals surface area contributed by atoms with E-state index in [0.717, 1.165) is 10.2 Å².